The van der Waals surface area contributed by atoms with Gasteiger partial charge >= 0.3 is 0 Å². The quantitative estimate of drug-likeness (QED) is 0.670. The number of anilines is 1. The molecule has 1 aliphatic heterocycles. The van der Waals surface area contributed by atoms with Crippen LogP contribution in [-0.2, 0) is 16.0 Å². The van der Waals surface area contributed by atoms with Crippen molar-refractivity contribution in [3.05, 3.63) is 71.2 Å². The third kappa shape index (κ3) is 3.01. The number of fused-ring (bicyclic) bond motifs is 1. The van der Waals surface area contributed by atoms with Crippen molar-refractivity contribution in [3.8, 4) is 0 Å². The summed E-state index contributed by atoms with van der Waals surface area (Å²) in [6.07, 6.45) is 0.724. The number of imide groups is 1. The molecule has 0 N–H and O–H groups in total. The standard InChI is InChI=1S/C20H15ClN2O2/c21-16-8-5-13(6-9-16)11-15-12-19(24)23(20(15)25)18-10-7-14-3-1-2-4-17(14)22-18/h1-10,15H,11-12H2. The molecular formula is C20H15ClN2O2. The third-order valence-corrected chi connectivity index (χ3v) is 4.70. The number of pyridine rings is 1. The lowest BCUT2D eigenvalue weighted by Gasteiger charge is -2.14. The summed E-state index contributed by atoms with van der Waals surface area (Å²) in [5, 5.41) is 1.63. The number of nitrogens with zero attached hydrogens (tertiary/aromatic N) is 2. The molecule has 1 atom stereocenters. The van der Waals surface area contributed by atoms with Crippen molar-refractivity contribution >= 4 is 40.1 Å². The number of hydrogen-bond acceptors (Lipinski definition) is 3. The number of amides is 2. The zero-order valence-electron chi connectivity index (χ0n) is 13.4. The number of halogens is 1. The van der Waals surface area contributed by atoms with Gasteiger partial charge < -0.3 is 0 Å². The second-order valence-electron chi connectivity index (χ2n) is 6.16. The molecule has 1 aromatic heterocycles. The minimum Gasteiger partial charge on any atom is -0.274 e. The van der Waals surface area contributed by atoms with Crippen molar-refractivity contribution < 1.29 is 9.59 Å². The van der Waals surface area contributed by atoms with E-state index >= 15 is 0 Å². The third-order valence-electron chi connectivity index (χ3n) is 4.45. The van der Waals surface area contributed by atoms with Crippen molar-refractivity contribution in [1.29, 1.82) is 0 Å². The lowest BCUT2D eigenvalue weighted by molar-refractivity contribution is -0.122. The monoisotopic (exact) mass is 350 g/mol. The van der Waals surface area contributed by atoms with Crippen LogP contribution < -0.4 is 4.90 Å². The van der Waals surface area contributed by atoms with Gasteiger partial charge in [0.1, 0.15) is 5.82 Å². The zero-order valence-corrected chi connectivity index (χ0v) is 14.1. The summed E-state index contributed by atoms with van der Waals surface area (Å²) in [7, 11) is 0. The van der Waals surface area contributed by atoms with Gasteiger partial charge in [-0.25, -0.2) is 9.88 Å². The van der Waals surface area contributed by atoms with Crippen LogP contribution in [-0.4, -0.2) is 16.8 Å². The van der Waals surface area contributed by atoms with Gasteiger partial charge in [-0.2, -0.15) is 0 Å². The Morgan fingerprint density at radius 2 is 1.76 bits per heavy atom. The van der Waals surface area contributed by atoms with E-state index in [2.05, 4.69) is 4.98 Å². The van der Waals surface area contributed by atoms with E-state index in [4.69, 9.17) is 11.6 Å². The number of benzene rings is 2. The number of carbonyl (C=O) groups is 2. The molecule has 0 saturated carbocycles. The Kier molecular flexibility index (Phi) is 3.98. The number of aromatic nitrogens is 1. The van der Waals surface area contributed by atoms with Crippen molar-refractivity contribution in [2.75, 3.05) is 4.90 Å². The molecule has 4 rings (SSSR count). The first-order chi connectivity index (χ1) is 12.1. The van der Waals surface area contributed by atoms with E-state index < -0.39 is 0 Å². The van der Waals surface area contributed by atoms with E-state index in [1.54, 1.807) is 18.2 Å². The van der Waals surface area contributed by atoms with Crippen molar-refractivity contribution in [2.45, 2.75) is 12.8 Å². The molecule has 0 spiro atoms. The Bertz CT molecular complexity index is 969. The van der Waals surface area contributed by atoms with Crippen LogP contribution in [0.15, 0.2) is 60.7 Å². The van der Waals surface area contributed by atoms with E-state index in [-0.39, 0.29) is 24.2 Å². The van der Waals surface area contributed by atoms with Gasteiger partial charge in [0.2, 0.25) is 11.8 Å². The van der Waals surface area contributed by atoms with E-state index in [0.717, 1.165) is 16.5 Å². The number of carbonyl (C=O) groups excluding carboxylic acids is 2. The molecule has 0 radical (unpaired) electrons. The van der Waals surface area contributed by atoms with Crippen molar-refractivity contribution in [2.24, 2.45) is 5.92 Å². The maximum absolute atomic E-state index is 12.8. The van der Waals surface area contributed by atoms with E-state index in [1.807, 2.05) is 42.5 Å². The van der Waals surface area contributed by atoms with Crippen molar-refractivity contribution in [3.63, 3.8) is 0 Å². The molecule has 1 fully saturated rings. The molecule has 124 valence electrons. The van der Waals surface area contributed by atoms with Crippen LogP contribution in [0, 0.1) is 5.92 Å². The van der Waals surface area contributed by atoms with Crippen LogP contribution in [0.4, 0.5) is 5.82 Å². The first-order valence-electron chi connectivity index (χ1n) is 8.09. The van der Waals surface area contributed by atoms with Crippen LogP contribution in [0.5, 0.6) is 0 Å². The lowest BCUT2D eigenvalue weighted by atomic mass is 9.98. The Hall–Kier alpha value is -2.72. The highest BCUT2D eigenvalue weighted by Crippen LogP contribution is 2.29. The summed E-state index contributed by atoms with van der Waals surface area (Å²) in [6, 6.07) is 18.6. The average molecular weight is 351 g/mol. The molecule has 1 unspecified atom stereocenters. The van der Waals surface area contributed by atoms with E-state index in [9.17, 15) is 9.59 Å². The molecule has 0 aliphatic carbocycles. The molecule has 0 bridgehead atoms. The highest BCUT2D eigenvalue weighted by molar-refractivity contribution is 6.30. The maximum atomic E-state index is 12.8. The highest BCUT2D eigenvalue weighted by atomic mass is 35.5. The summed E-state index contributed by atoms with van der Waals surface area (Å²) < 4.78 is 0. The van der Waals surface area contributed by atoms with Crippen molar-refractivity contribution in [1.82, 2.24) is 4.98 Å². The fourth-order valence-electron chi connectivity index (χ4n) is 3.18. The van der Waals surface area contributed by atoms with Gasteiger partial charge in [0, 0.05) is 16.8 Å². The molecule has 3 aromatic rings. The summed E-state index contributed by atoms with van der Waals surface area (Å²) in [5.41, 5.74) is 1.76. The Labute approximate surface area is 150 Å². The van der Waals surface area contributed by atoms with Gasteiger partial charge in [-0.1, -0.05) is 41.9 Å². The van der Waals surface area contributed by atoms with E-state index in [1.165, 1.54) is 4.90 Å². The summed E-state index contributed by atoms with van der Waals surface area (Å²) in [5.74, 6) is -0.358. The minimum atomic E-state index is -0.359. The van der Waals surface area contributed by atoms with Crippen LogP contribution in [0.2, 0.25) is 5.02 Å². The van der Waals surface area contributed by atoms with Gasteiger partial charge in [-0.3, -0.25) is 9.59 Å². The first-order valence-corrected chi connectivity index (χ1v) is 8.46. The molecule has 25 heavy (non-hydrogen) atoms. The number of para-hydroxylation sites is 1. The fraction of sp³-hybridized carbons (Fsp3) is 0.150. The largest absolute Gasteiger partial charge is 0.274 e. The second kappa shape index (κ2) is 6.30. The number of hydrogen-bond donors (Lipinski definition) is 0. The molecule has 2 aromatic carbocycles. The van der Waals surface area contributed by atoms with Gasteiger partial charge in [-0.05, 0) is 42.3 Å². The fourth-order valence-corrected chi connectivity index (χ4v) is 3.31. The van der Waals surface area contributed by atoms with Crippen LogP contribution in [0.25, 0.3) is 10.9 Å². The van der Waals surface area contributed by atoms with Crippen LogP contribution in [0.3, 0.4) is 0 Å². The second-order valence-corrected chi connectivity index (χ2v) is 6.60. The predicted octanol–water partition coefficient (Wildman–Crippen LogP) is 4.01. The predicted molar refractivity (Wildman–Crippen MR) is 97.5 cm³/mol. The summed E-state index contributed by atoms with van der Waals surface area (Å²) in [6.45, 7) is 0. The van der Waals surface area contributed by atoms with Gasteiger partial charge in [-0.15, -0.1) is 0 Å². The first kappa shape index (κ1) is 15.8. The average Bonchev–Trinajstić information content (AvgIpc) is 2.90. The maximum Gasteiger partial charge on any atom is 0.238 e. The Morgan fingerprint density at radius 1 is 1.00 bits per heavy atom. The Balaban J connectivity index is 1.60. The topological polar surface area (TPSA) is 50.3 Å². The zero-order chi connectivity index (χ0) is 17.4. The number of rotatable bonds is 3. The lowest BCUT2D eigenvalue weighted by Crippen LogP contribution is -2.31. The molecule has 4 nitrogen and oxygen atoms in total. The van der Waals surface area contributed by atoms with Crippen LogP contribution in [0.1, 0.15) is 12.0 Å². The van der Waals surface area contributed by atoms with Gasteiger partial charge in [0.05, 0.1) is 11.4 Å². The summed E-state index contributed by atoms with van der Waals surface area (Å²) in [4.78, 5) is 30.9. The van der Waals surface area contributed by atoms with E-state index in [0.29, 0.717) is 17.3 Å². The van der Waals surface area contributed by atoms with Gasteiger partial charge in [0.15, 0.2) is 0 Å². The Morgan fingerprint density at radius 3 is 2.56 bits per heavy atom. The molecular weight excluding hydrogens is 336 g/mol. The molecule has 1 saturated heterocycles. The molecule has 5 heteroatoms. The normalized spacial score (nSPS) is 17.5. The van der Waals surface area contributed by atoms with Crippen LogP contribution >= 0.6 is 11.6 Å². The molecule has 2 amide bonds. The SMILES string of the molecule is O=C1CC(Cc2ccc(Cl)cc2)C(=O)N1c1ccc2ccccc2n1. The summed E-state index contributed by atoms with van der Waals surface area (Å²) >= 11 is 5.89. The highest BCUT2D eigenvalue weighted by Gasteiger charge is 2.40. The smallest absolute Gasteiger partial charge is 0.238 e. The molecule has 2 heterocycles. The van der Waals surface area contributed by atoms with Gasteiger partial charge in [0.25, 0.3) is 0 Å². The minimum absolute atomic E-state index is 0.192. The molecule has 1 aliphatic rings.